The van der Waals surface area contributed by atoms with Crippen LogP contribution in [0.25, 0.3) is 0 Å². The lowest BCUT2D eigenvalue weighted by Crippen LogP contribution is -2.18. The zero-order valence-electron chi connectivity index (χ0n) is 11.9. The van der Waals surface area contributed by atoms with Gasteiger partial charge in [0.25, 0.3) is 5.91 Å². The molecule has 0 aliphatic heterocycles. The second kappa shape index (κ2) is 5.97. The molecule has 0 fully saturated rings. The highest BCUT2D eigenvalue weighted by atomic mass is 16.1. The van der Waals surface area contributed by atoms with E-state index in [-0.39, 0.29) is 5.91 Å². The lowest BCUT2D eigenvalue weighted by molar-refractivity contribution is 0.102. The second-order valence-corrected chi connectivity index (χ2v) is 5.29. The molecular formula is C17H19N3O. The molecule has 0 aromatic heterocycles. The van der Waals surface area contributed by atoms with E-state index in [0.717, 1.165) is 18.5 Å². The molecule has 0 heterocycles. The van der Waals surface area contributed by atoms with Crippen LogP contribution in [0, 0.1) is 0 Å². The molecule has 4 heteroatoms. The Morgan fingerprint density at radius 3 is 2.57 bits per heavy atom. The monoisotopic (exact) mass is 281 g/mol. The number of fused-ring (bicyclic) bond motifs is 1. The Bertz CT molecular complexity index is 667. The molecule has 2 aromatic carbocycles. The predicted molar refractivity (Wildman–Crippen MR) is 85.3 cm³/mol. The van der Waals surface area contributed by atoms with Gasteiger partial charge in [0.05, 0.1) is 11.3 Å². The second-order valence-electron chi connectivity index (χ2n) is 5.29. The molecule has 0 saturated heterocycles. The maximum absolute atomic E-state index is 12.5. The van der Waals surface area contributed by atoms with E-state index in [0.29, 0.717) is 11.3 Å². The van der Waals surface area contributed by atoms with Crippen molar-refractivity contribution in [2.75, 3.05) is 10.7 Å². The van der Waals surface area contributed by atoms with Gasteiger partial charge >= 0.3 is 0 Å². The van der Waals surface area contributed by atoms with Gasteiger partial charge in [-0.15, -0.1) is 0 Å². The number of anilines is 2. The molecule has 0 unspecified atom stereocenters. The number of nitrogens with one attached hydrogen (secondary N) is 2. The fraction of sp³-hybridized carbons (Fsp3) is 0.235. The van der Waals surface area contributed by atoms with E-state index in [1.54, 1.807) is 12.1 Å². The fourth-order valence-corrected chi connectivity index (χ4v) is 2.90. The summed E-state index contributed by atoms with van der Waals surface area (Å²) < 4.78 is 0. The number of amides is 1. The molecule has 1 amide bonds. The highest BCUT2D eigenvalue weighted by Crippen LogP contribution is 2.28. The van der Waals surface area contributed by atoms with Crippen molar-refractivity contribution in [2.24, 2.45) is 5.84 Å². The first-order valence-corrected chi connectivity index (χ1v) is 7.27. The number of nitrogens with two attached hydrogens (primary N) is 1. The Kier molecular flexibility index (Phi) is 3.88. The minimum Gasteiger partial charge on any atom is -0.323 e. The van der Waals surface area contributed by atoms with E-state index in [1.807, 2.05) is 24.3 Å². The molecule has 0 bridgehead atoms. The molecular weight excluding hydrogens is 262 g/mol. The highest BCUT2D eigenvalue weighted by Gasteiger charge is 2.16. The lowest BCUT2D eigenvalue weighted by Gasteiger charge is -2.20. The Balaban J connectivity index is 1.88. The third-order valence-electron chi connectivity index (χ3n) is 3.97. The molecule has 0 saturated carbocycles. The minimum atomic E-state index is -0.137. The molecule has 4 N–H and O–H groups in total. The van der Waals surface area contributed by atoms with Crippen molar-refractivity contribution in [1.82, 2.24) is 0 Å². The summed E-state index contributed by atoms with van der Waals surface area (Å²) in [6, 6.07) is 13.4. The molecule has 1 aliphatic rings. The van der Waals surface area contributed by atoms with Crippen LogP contribution in [-0.2, 0) is 12.8 Å². The summed E-state index contributed by atoms with van der Waals surface area (Å²) in [4.78, 5) is 12.5. The van der Waals surface area contributed by atoms with E-state index in [4.69, 9.17) is 5.84 Å². The SMILES string of the molecule is NNc1ccccc1C(=O)Nc1cccc2c1CCCC2. The van der Waals surface area contributed by atoms with Crippen molar-refractivity contribution in [3.8, 4) is 0 Å². The van der Waals surface area contributed by atoms with Gasteiger partial charge in [0.15, 0.2) is 0 Å². The number of nitrogen functional groups attached to an aromatic ring is 1. The smallest absolute Gasteiger partial charge is 0.257 e. The summed E-state index contributed by atoms with van der Waals surface area (Å²) in [6.07, 6.45) is 4.54. The number of benzene rings is 2. The zero-order valence-corrected chi connectivity index (χ0v) is 11.9. The van der Waals surface area contributed by atoms with Gasteiger partial charge in [-0.2, -0.15) is 0 Å². The molecule has 21 heavy (non-hydrogen) atoms. The van der Waals surface area contributed by atoms with Gasteiger partial charge < -0.3 is 10.7 Å². The normalized spacial score (nSPS) is 13.4. The van der Waals surface area contributed by atoms with Gasteiger partial charge in [-0.25, -0.2) is 0 Å². The van der Waals surface area contributed by atoms with Crippen LogP contribution in [0.5, 0.6) is 0 Å². The van der Waals surface area contributed by atoms with Crippen LogP contribution >= 0.6 is 0 Å². The molecule has 0 atom stereocenters. The predicted octanol–water partition coefficient (Wildman–Crippen LogP) is 3.10. The Labute approximate surface area is 124 Å². The Hall–Kier alpha value is -2.33. The Morgan fingerprint density at radius 2 is 1.71 bits per heavy atom. The third kappa shape index (κ3) is 2.76. The summed E-state index contributed by atoms with van der Waals surface area (Å²) in [5, 5.41) is 3.03. The van der Waals surface area contributed by atoms with Crippen molar-refractivity contribution in [3.63, 3.8) is 0 Å². The van der Waals surface area contributed by atoms with Gasteiger partial charge in [0.2, 0.25) is 0 Å². The Morgan fingerprint density at radius 1 is 0.952 bits per heavy atom. The zero-order chi connectivity index (χ0) is 14.7. The van der Waals surface area contributed by atoms with E-state index < -0.39 is 0 Å². The quantitative estimate of drug-likeness (QED) is 0.598. The number of hydrogen-bond acceptors (Lipinski definition) is 3. The number of aryl methyl sites for hydroxylation is 1. The van der Waals surface area contributed by atoms with Gasteiger partial charge in [-0.1, -0.05) is 24.3 Å². The molecule has 0 radical (unpaired) electrons. The van der Waals surface area contributed by atoms with Crippen LogP contribution in [0.4, 0.5) is 11.4 Å². The van der Waals surface area contributed by atoms with Crippen LogP contribution in [0.15, 0.2) is 42.5 Å². The van der Waals surface area contributed by atoms with E-state index >= 15 is 0 Å². The largest absolute Gasteiger partial charge is 0.323 e. The number of carbonyl (C=O) groups is 1. The highest BCUT2D eigenvalue weighted by molar-refractivity contribution is 6.08. The number of rotatable bonds is 3. The molecule has 2 aromatic rings. The third-order valence-corrected chi connectivity index (χ3v) is 3.97. The summed E-state index contributed by atoms with van der Waals surface area (Å²) in [7, 11) is 0. The van der Waals surface area contributed by atoms with Gasteiger partial charge in [-0.05, 0) is 55.0 Å². The fourth-order valence-electron chi connectivity index (χ4n) is 2.90. The number of hydrogen-bond donors (Lipinski definition) is 3. The average molecular weight is 281 g/mol. The van der Waals surface area contributed by atoms with Gasteiger partial charge in [0, 0.05) is 5.69 Å². The summed E-state index contributed by atoms with van der Waals surface area (Å²) >= 11 is 0. The summed E-state index contributed by atoms with van der Waals surface area (Å²) in [5.41, 5.74) is 7.28. The van der Waals surface area contributed by atoms with Crippen molar-refractivity contribution in [2.45, 2.75) is 25.7 Å². The standard InChI is InChI=1S/C17H19N3O/c18-20-16-10-4-3-9-14(16)17(21)19-15-11-5-7-12-6-1-2-8-13(12)15/h3-5,7,9-11,20H,1-2,6,8,18H2,(H,19,21). The first-order valence-electron chi connectivity index (χ1n) is 7.27. The average Bonchev–Trinajstić information content (AvgIpc) is 2.55. The first kappa shape index (κ1) is 13.6. The summed E-state index contributed by atoms with van der Waals surface area (Å²) in [6.45, 7) is 0. The molecule has 1 aliphatic carbocycles. The number of para-hydroxylation sites is 1. The summed E-state index contributed by atoms with van der Waals surface area (Å²) in [5.74, 6) is 5.33. The van der Waals surface area contributed by atoms with Crippen molar-refractivity contribution < 1.29 is 4.79 Å². The van der Waals surface area contributed by atoms with E-state index in [2.05, 4.69) is 16.8 Å². The van der Waals surface area contributed by atoms with Crippen LogP contribution in [0.3, 0.4) is 0 Å². The lowest BCUT2D eigenvalue weighted by atomic mass is 9.90. The van der Waals surface area contributed by atoms with Crippen molar-refractivity contribution in [1.29, 1.82) is 0 Å². The van der Waals surface area contributed by atoms with Crippen LogP contribution in [0.2, 0.25) is 0 Å². The van der Waals surface area contributed by atoms with E-state index in [1.165, 1.54) is 24.0 Å². The topological polar surface area (TPSA) is 67.1 Å². The maximum atomic E-state index is 12.5. The minimum absolute atomic E-state index is 0.137. The molecule has 3 rings (SSSR count). The van der Waals surface area contributed by atoms with Crippen LogP contribution < -0.4 is 16.6 Å². The van der Waals surface area contributed by atoms with Crippen LogP contribution in [0.1, 0.15) is 34.3 Å². The number of hydrazine groups is 1. The molecule has 4 nitrogen and oxygen atoms in total. The van der Waals surface area contributed by atoms with Crippen molar-refractivity contribution in [3.05, 3.63) is 59.2 Å². The molecule has 0 spiro atoms. The number of carbonyl (C=O) groups excluding carboxylic acids is 1. The molecule has 108 valence electrons. The van der Waals surface area contributed by atoms with Crippen molar-refractivity contribution >= 4 is 17.3 Å². The first-order chi connectivity index (χ1) is 10.3. The van der Waals surface area contributed by atoms with E-state index in [9.17, 15) is 4.79 Å². The maximum Gasteiger partial charge on any atom is 0.257 e. The van der Waals surface area contributed by atoms with Crippen LogP contribution in [-0.4, -0.2) is 5.91 Å². The van der Waals surface area contributed by atoms with Gasteiger partial charge in [0.1, 0.15) is 0 Å². The van der Waals surface area contributed by atoms with Gasteiger partial charge in [-0.3, -0.25) is 10.6 Å².